The molecule has 2 aromatic rings. The Bertz CT molecular complexity index is 529. The fourth-order valence-corrected chi connectivity index (χ4v) is 1.59. The lowest BCUT2D eigenvalue weighted by molar-refractivity contribution is 1.16. The zero-order chi connectivity index (χ0) is 12.3. The van der Waals surface area contributed by atoms with Gasteiger partial charge in [0.1, 0.15) is 12.0 Å². The molecule has 1 aromatic heterocycles. The minimum atomic E-state index is 0.468. The summed E-state index contributed by atoms with van der Waals surface area (Å²) >= 11 is 5.89. The highest BCUT2D eigenvalue weighted by molar-refractivity contribution is 6.30. The van der Waals surface area contributed by atoms with Crippen molar-refractivity contribution in [3.63, 3.8) is 0 Å². The minimum Gasteiger partial charge on any atom is -0.393 e. The summed E-state index contributed by atoms with van der Waals surface area (Å²) in [6.45, 7) is 0. The van der Waals surface area contributed by atoms with Gasteiger partial charge in [-0.2, -0.15) is 0 Å². The Balaban J connectivity index is 2.30. The fourth-order valence-electron chi connectivity index (χ4n) is 1.40. The first-order valence-electron chi connectivity index (χ1n) is 5.01. The maximum absolute atomic E-state index is 5.90. The summed E-state index contributed by atoms with van der Waals surface area (Å²) in [7, 11) is 1.75. The van der Waals surface area contributed by atoms with Crippen LogP contribution in [0.5, 0.6) is 0 Å². The molecule has 0 radical (unpaired) electrons. The number of nitrogens with two attached hydrogens (primary N) is 1. The molecule has 5 nitrogen and oxygen atoms in total. The molecule has 0 saturated heterocycles. The number of aromatic nitrogens is 2. The molecule has 0 unspecified atom stereocenters. The predicted octanol–water partition coefficient (Wildman–Crippen LogP) is 2.50. The summed E-state index contributed by atoms with van der Waals surface area (Å²) in [5.41, 5.74) is 7.19. The topological polar surface area (TPSA) is 75.9 Å². The largest absolute Gasteiger partial charge is 0.393 e. The van der Waals surface area contributed by atoms with E-state index in [9.17, 15) is 0 Å². The zero-order valence-corrected chi connectivity index (χ0v) is 9.99. The first kappa shape index (κ1) is 11.5. The number of anilines is 4. The van der Waals surface area contributed by atoms with E-state index in [4.69, 9.17) is 17.3 Å². The molecular formula is C11H12ClN5. The monoisotopic (exact) mass is 249 g/mol. The van der Waals surface area contributed by atoms with Crippen molar-refractivity contribution < 1.29 is 0 Å². The average molecular weight is 250 g/mol. The minimum absolute atomic E-state index is 0.468. The van der Waals surface area contributed by atoms with Gasteiger partial charge in [-0.25, -0.2) is 9.97 Å². The van der Waals surface area contributed by atoms with Crippen molar-refractivity contribution in [1.82, 2.24) is 9.97 Å². The lowest BCUT2D eigenvalue weighted by Gasteiger charge is -2.10. The quantitative estimate of drug-likeness (QED) is 0.779. The summed E-state index contributed by atoms with van der Waals surface area (Å²) in [5.74, 6) is 1.14. The molecule has 6 heteroatoms. The molecule has 1 aromatic carbocycles. The molecule has 0 saturated carbocycles. The normalized spacial score (nSPS) is 10.0. The van der Waals surface area contributed by atoms with Crippen LogP contribution in [0.3, 0.4) is 0 Å². The predicted molar refractivity (Wildman–Crippen MR) is 70.7 cm³/mol. The molecule has 4 N–H and O–H groups in total. The molecule has 88 valence electrons. The first-order valence-corrected chi connectivity index (χ1v) is 5.39. The molecule has 0 amide bonds. The highest BCUT2D eigenvalue weighted by atomic mass is 35.5. The van der Waals surface area contributed by atoms with E-state index in [1.807, 2.05) is 12.1 Å². The number of hydrogen-bond acceptors (Lipinski definition) is 5. The Morgan fingerprint density at radius 2 is 2.00 bits per heavy atom. The smallest absolute Gasteiger partial charge is 0.159 e. The van der Waals surface area contributed by atoms with Crippen molar-refractivity contribution in [2.24, 2.45) is 0 Å². The van der Waals surface area contributed by atoms with Gasteiger partial charge in [0, 0.05) is 17.8 Å². The highest BCUT2D eigenvalue weighted by Crippen LogP contribution is 2.26. The van der Waals surface area contributed by atoms with E-state index in [1.165, 1.54) is 6.33 Å². The van der Waals surface area contributed by atoms with Gasteiger partial charge in [-0.3, -0.25) is 0 Å². The molecule has 0 fully saturated rings. The maximum Gasteiger partial charge on any atom is 0.159 e. The van der Waals surface area contributed by atoms with Gasteiger partial charge in [0.2, 0.25) is 0 Å². The van der Waals surface area contributed by atoms with Crippen LogP contribution in [0.15, 0.2) is 30.6 Å². The molecule has 0 aliphatic rings. The Labute approximate surface area is 104 Å². The highest BCUT2D eigenvalue weighted by Gasteiger charge is 2.06. The summed E-state index contributed by atoms with van der Waals surface area (Å²) in [5, 5.41) is 6.63. The van der Waals surface area contributed by atoms with Crippen LogP contribution in [0, 0.1) is 0 Å². The van der Waals surface area contributed by atoms with E-state index < -0.39 is 0 Å². The molecule has 0 atom stereocenters. The molecule has 2 rings (SSSR count). The number of benzene rings is 1. The number of rotatable bonds is 3. The van der Waals surface area contributed by atoms with Crippen molar-refractivity contribution in [3.8, 4) is 0 Å². The molecular weight excluding hydrogens is 238 g/mol. The summed E-state index contributed by atoms with van der Waals surface area (Å²) in [6, 6.07) is 7.32. The summed E-state index contributed by atoms with van der Waals surface area (Å²) in [4.78, 5) is 8.08. The third kappa shape index (κ3) is 2.57. The van der Waals surface area contributed by atoms with Crippen LogP contribution in [-0.4, -0.2) is 17.0 Å². The van der Waals surface area contributed by atoms with Crippen molar-refractivity contribution >= 4 is 34.6 Å². The SMILES string of the molecule is CNc1ncnc(Nc2cccc(Cl)c2)c1N. The van der Waals surface area contributed by atoms with Gasteiger partial charge < -0.3 is 16.4 Å². The lowest BCUT2D eigenvalue weighted by atomic mass is 10.3. The van der Waals surface area contributed by atoms with E-state index in [0.29, 0.717) is 22.3 Å². The first-order chi connectivity index (χ1) is 8.20. The van der Waals surface area contributed by atoms with Crippen LogP contribution in [0.4, 0.5) is 23.0 Å². The summed E-state index contributed by atoms with van der Waals surface area (Å²) in [6.07, 6.45) is 1.44. The van der Waals surface area contributed by atoms with Crippen LogP contribution in [0.25, 0.3) is 0 Å². The molecule has 0 aliphatic heterocycles. The molecule has 17 heavy (non-hydrogen) atoms. The van der Waals surface area contributed by atoms with Crippen LogP contribution >= 0.6 is 11.6 Å². The van der Waals surface area contributed by atoms with Crippen molar-refractivity contribution in [2.75, 3.05) is 23.4 Å². The average Bonchev–Trinajstić information content (AvgIpc) is 2.32. The number of nitrogens with one attached hydrogen (secondary N) is 2. The van der Waals surface area contributed by atoms with Gasteiger partial charge in [-0.15, -0.1) is 0 Å². The Morgan fingerprint density at radius 3 is 2.71 bits per heavy atom. The van der Waals surface area contributed by atoms with Crippen molar-refractivity contribution in [1.29, 1.82) is 0 Å². The number of nitrogens with zero attached hydrogens (tertiary/aromatic N) is 2. The Kier molecular flexibility index (Phi) is 3.30. The van der Waals surface area contributed by atoms with Gasteiger partial charge >= 0.3 is 0 Å². The summed E-state index contributed by atoms with van der Waals surface area (Å²) < 4.78 is 0. The maximum atomic E-state index is 5.90. The van der Waals surface area contributed by atoms with E-state index in [0.717, 1.165) is 5.69 Å². The molecule has 0 bridgehead atoms. The lowest BCUT2D eigenvalue weighted by Crippen LogP contribution is -2.04. The van der Waals surface area contributed by atoms with E-state index in [-0.39, 0.29) is 0 Å². The Hall–Kier alpha value is -2.01. The third-order valence-electron chi connectivity index (χ3n) is 2.21. The van der Waals surface area contributed by atoms with Crippen LogP contribution < -0.4 is 16.4 Å². The van der Waals surface area contributed by atoms with E-state index >= 15 is 0 Å². The van der Waals surface area contributed by atoms with Gasteiger partial charge in [-0.1, -0.05) is 17.7 Å². The van der Waals surface area contributed by atoms with E-state index in [1.54, 1.807) is 19.2 Å². The second-order valence-corrected chi connectivity index (χ2v) is 3.81. The Morgan fingerprint density at radius 1 is 1.24 bits per heavy atom. The van der Waals surface area contributed by atoms with E-state index in [2.05, 4.69) is 20.6 Å². The van der Waals surface area contributed by atoms with Crippen molar-refractivity contribution in [3.05, 3.63) is 35.6 Å². The van der Waals surface area contributed by atoms with Crippen LogP contribution in [-0.2, 0) is 0 Å². The number of hydrogen-bond donors (Lipinski definition) is 3. The standard InChI is InChI=1S/C11H12ClN5/c1-14-10-9(13)11(16-6-15-10)17-8-4-2-3-7(12)5-8/h2-6H,13H2,1H3,(H2,14,15,16,17). The third-order valence-corrected chi connectivity index (χ3v) is 2.44. The molecule has 1 heterocycles. The zero-order valence-electron chi connectivity index (χ0n) is 9.24. The molecule has 0 spiro atoms. The fraction of sp³-hybridized carbons (Fsp3) is 0.0909. The van der Waals surface area contributed by atoms with Crippen LogP contribution in [0.1, 0.15) is 0 Å². The molecule has 0 aliphatic carbocycles. The van der Waals surface area contributed by atoms with Crippen LogP contribution in [0.2, 0.25) is 5.02 Å². The van der Waals surface area contributed by atoms with Gasteiger partial charge in [0.25, 0.3) is 0 Å². The number of halogens is 1. The second-order valence-electron chi connectivity index (χ2n) is 3.37. The van der Waals surface area contributed by atoms with Gasteiger partial charge in [-0.05, 0) is 18.2 Å². The van der Waals surface area contributed by atoms with Gasteiger partial charge in [0.05, 0.1) is 0 Å². The van der Waals surface area contributed by atoms with Gasteiger partial charge in [0.15, 0.2) is 11.6 Å². The van der Waals surface area contributed by atoms with Crippen molar-refractivity contribution in [2.45, 2.75) is 0 Å². The number of nitrogen functional groups attached to an aromatic ring is 1. The second kappa shape index (κ2) is 4.88.